The van der Waals surface area contributed by atoms with Gasteiger partial charge in [0.1, 0.15) is 0 Å². The molecule has 2 amide bonds. The van der Waals surface area contributed by atoms with E-state index in [-0.39, 0.29) is 23.0 Å². The van der Waals surface area contributed by atoms with Crippen LogP contribution in [0.3, 0.4) is 0 Å². The molecule has 1 aromatic carbocycles. The highest BCUT2D eigenvalue weighted by atomic mass is 32.1. The maximum Gasteiger partial charge on any atom is 0.267 e. The first-order valence-electron chi connectivity index (χ1n) is 7.56. The van der Waals surface area contributed by atoms with Crippen molar-refractivity contribution in [2.45, 2.75) is 26.3 Å². The second-order valence-corrected chi connectivity index (χ2v) is 6.61. The molecular formula is C17H19N3O2S2. The summed E-state index contributed by atoms with van der Waals surface area (Å²) < 4.78 is 0. The number of nitrogens with one attached hydrogen (secondary N) is 3. The maximum atomic E-state index is 12.1. The summed E-state index contributed by atoms with van der Waals surface area (Å²) in [5.41, 5.74) is 1.18. The fourth-order valence-electron chi connectivity index (χ4n) is 1.88. The van der Waals surface area contributed by atoms with Crippen molar-refractivity contribution in [3.05, 3.63) is 52.2 Å². The predicted octanol–water partition coefficient (Wildman–Crippen LogP) is 3.40. The topological polar surface area (TPSA) is 70.2 Å². The largest absolute Gasteiger partial charge is 0.350 e. The molecule has 0 aliphatic heterocycles. The first kappa shape index (κ1) is 18.1. The number of carbonyl (C=O) groups excluding carboxylic acids is 2. The molecule has 0 spiro atoms. The van der Waals surface area contributed by atoms with E-state index in [4.69, 9.17) is 12.2 Å². The zero-order valence-electron chi connectivity index (χ0n) is 13.5. The maximum absolute atomic E-state index is 12.1. The van der Waals surface area contributed by atoms with E-state index < -0.39 is 0 Å². The Kier molecular flexibility index (Phi) is 6.45. The molecule has 5 nitrogen and oxygen atoms in total. The van der Waals surface area contributed by atoms with Gasteiger partial charge in [0.2, 0.25) is 0 Å². The van der Waals surface area contributed by atoms with Gasteiger partial charge in [0.15, 0.2) is 5.11 Å². The van der Waals surface area contributed by atoms with Gasteiger partial charge in [-0.2, -0.15) is 0 Å². The molecule has 1 unspecified atom stereocenters. The number of hydrogen-bond acceptors (Lipinski definition) is 4. The molecule has 24 heavy (non-hydrogen) atoms. The molecule has 0 aliphatic carbocycles. The average Bonchev–Trinajstić information content (AvgIpc) is 3.09. The number of carbonyl (C=O) groups is 2. The van der Waals surface area contributed by atoms with Crippen LogP contribution in [-0.2, 0) is 0 Å². The highest BCUT2D eigenvalue weighted by Crippen LogP contribution is 2.12. The number of thiocarbonyl (C=S) groups is 1. The highest BCUT2D eigenvalue weighted by molar-refractivity contribution is 7.80. The standard InChI is InChI=1S/C17H19N3O2S2/c1-3-11(2)18-15(21)12-6-4-7-13(10-12)19-17(23)20-16(22)14-8-5-9-24-14/h4-11H,3H2,1-2H3,(H,18,21)(H2,19,20,22,23). The molecule has 1 aromatic heterocycles. The van der Waals surface area contributed by atoms with Gasteiger partial charge in [0.05, 0.1) is 4.88 Å². The minimum absolute atomic E-state index is 0.111. The Morgan fingerprint density at radius 2 is 2.00 bits per heavy atom. The third kappa shape index (κ3) is 5.14. The zero-order valence-corrected chi connectivity index (χ0v) is 15.1. The lowest BCUT2D eigenvalue weighted by molar-refractivity contribution is 0.0937. The molecule has 0 radical (unpaired) electrons. The van der Waals surface area contributed by atoms with Gasteiger partial charge < -0.3 is 10.6 Å². The molecule has 126 valence electrons. The lowest BCUT2D eigenvalue weighted by atomic mass is 10.1. The number of amides is 2. The minimum Gasteiger partial charge on any atom is -0.350 e. The van der Waals surface area contributed by atoms with Crippen molar-refractivity contribution in [1.82, 2.24) is 10.6 Å². The van der Waals surface area contributed by atoms with Crippen molar-refractivity contribution in [1.29, 1.82) is 0 Å². The fraction of sp³-hybridized carbons (Fsp3) is 0.235. The highest BCUT2D eigenvalue weighted by Gasteiger charge is 2.11. The van der Waals surface area contributed by atoms with Gasteiger partial charge in [-0.05, 0) is 55.2 Å². The number of thiophene rings is 1. The zero-order chi connectivity index (χ0) is 17.5. The summed E-state index contributed by atoms with van der Waals surface area (Å²) in [5, 5.41) is 10.5. The third-order valence-corrected chi connectivity index (χ3v) is 4.42. The van der Waals surface area contributed by atoms with E-state index in [9.17, 15) is 9.59 Å². The summed E-state index contributed by atoms with van der Waals surface area (Å²) in [5.74, 6) is -0.394. The molecular weight excluding hydrogens is 342 g/mol. The quantitative estimate of drug-likeness (QED) is 0.714. The van der Waals surface area contributed by atoms with Crippen LogP contribution in [0.2, 0.25) is 0 Å². The average molecular weight is 361 g/mol. The van der Waals surface area contributed by atoms with Crippen LogP contribution in [0.1, 0.15) is 40.3 Å². The van der Waals surface area contributed by atoms with Gasteiger partial charge >= 0.3 is 0 Å². The van der Waals surface area contributed by atoms with Crippen LogP contribution in [0.5, 0.6) is 0 Å². The molecule has 7 heteroatoms. The van der Waals surface area contributed by atoms with Gasteiger partial charge in [0.25, 0.3) is 11.8 Å². The molecule has 0 fully saturated rings. The molecule has 0 saturated heterocycles. The van der Waals surface area contributed by atoms with E-state index >= 15 is 0 Å². The second kappa shape index (κ2) is 8.56. The van der Waals surface area contributed by atoms with Crippen molar-refractivity contribution in [3.8, 4) is 0 Å². The van der Waals surface area contributed by atoms with Gasteiger partial charge in [-0.25, -0.2) is 0 Å². The number of anilines is 1. The number of rotatable bonds is 5. The molecule has 0 aliphatic rings. The van der Waals surface area contributed by atoms with Crippen LogP contribution >= 0.6 is 23.6 Å². The molecule has 1 heterocycles. The Hall–Kier alpha value is -2.25. The van der Waals surface area contributed by atoms with Crippen molar-refractivity contribution >= 4 is 46.2 Å². The Labute approximate surface area is 150 Å². The van der Waals surface area contributed by atoms with E-state index in [0.29, 0.717) is 16.1 Å². The van der Waals surface area contributed by atoms with E-state index in [1.54, 1.807) is 36.4 Å². The Morgan fingerprint density at radius 3 is 2.67 bits per heavy atom. The van der Waals surface area contributed by atoms with Crippen molar-refractivity contribution in [3.63, 3.8) is 0 Å². The SMILES string of the molecule is CCC(C)NC(=O)c1cccc(NC(=S)NC(=O)c2cccs2)c1. The van der Waals surface area contributed by atoms with Crippen LogP contribution in [-0.4, -0.2) is 23.0 Å². The molecule has 2 rings (SSSR count). The monoisotopic (exact) mass is 361 g/mol. The molecule has 0 bridgehead atoms. The molecule has 2 aromatic rings. The van der Waals surface area contributed by atoms with E-state index in [1.807, 2.05) is 19.2 Å². The normalized spacial score (nSPS) is 11.4. The molecule has 3 N–H and O–H groups in total. The van der Waals surface area contributed by atoms with Crippen LogP contribution in [0.15, 0.2) is 41.8 Å². The summed E-state index contributed by atoms with van der Waals surface area (Å²) in [6.45, 7) is 3.97. The van der Waals surface area contributed by atoms with Crippen molar-refractivity contribution in [2.75, 3.05) is 5.32 Å². The summed E-state index contributed by atoms with van der Waals surface area (Å²) in [6, 6.07) is 10.6. The minimum atomic E-state index is -0.256. The number of benzene rings is 1. The smallest absolute Gasteiger partial charge is 0.267 e. The van der Waals surface area contributed by atoms with Crippen molar-refractivity contribution in [2.24, 2.45) is 0 Å². The van der Waals surface area contributed by atoms with Gasteiger partial charge in [-0.1, -0.05) is 19.1 Å². The summed E-state index contributed by atoms with van der Waals surface area (Å²) in [4.78, 5) is 24.7. The van der Waals surface area contributed by atoms with Crippen molar-refractivity contribution < 1.29 is 9.59 Å². The van der Waals surface area contributed by atoms with E-state index in [1.165, 1.54) is 11.3 Å². The van der Waals surface area contributed by atoms with Gasteiger partial charge in [0, 0.05) is 17.3 Å². The van der Waals surface area contributed by atoms with Gasteiger partial charge in [-0.15, -0.1) is 11.3 Å². The fourth-order valence-corrected chi connectivity index (χ4v) is 2.71. The first-order valence-corrected chi connectivity index (χ1v) is 8.85. The van der Waals surface area contributed by atoms with Crippen LogP contribution in [0, 0.1) is 0 Å². The molecule has 0 saturated carbocycles. The third-order valence-electron chi connectivity index (χ3n) is 3.34. The van der Waals surface area contributed by atoms with Crippen LogP contribution in [0.4, 0.5) is 5.69 Å². The summed E-state index contributed by atoms with van der Waals surface area (Å²) in [6.07, 6.45) is 0.864. The summed E-state index contributed by atoms with van der Waals surface area (Å²) in [7, 11) is 0. The Morgan fingerprint density at radius 1 is 1.21 bits per heavy atom. The first-order chi connectivity index (χ1) is 11.5. The van der Waals surface area contributed by atoms with E-state index in [2.05, 4.69) is 16.0 Å². The van der Waals surface area contributed by atoms with Crippen LogP contribution < -0.4 is 16.0 Å². The van der Waals surface area contributed by atoms with E-state index in [0.717, 1.165) is 6.42 Å². The second-order valence-electron chi connectivity index (χ2n) is 5.25. The molecule has 1 atom stereocenters. The Bertz CT molecular complexity index is 729. The Balaban J connectivity index is 1.97. The number of hydrogen-bond donors (Lipinski definition) is 3. The summed E-state index contributed by atoms with van der Waals surface area (Å²) >= 11 is 6.49. The predicted molar refractivity (Wildman–Crippen MR) is 102 cm³/mol. The van der Waals surface area contributed by atoms with Gasteiger partial charge in [-0.3, -0.25) is 14.9 Å². The van der Waals surface area contributed by atoms with Crippen LogP contribution in [0.25, 0.3) is 0 Å². The lowest BCUT2D eigenvalue weighted by Gasteiger charge is -2.13. The lowest BCUT2D eigenvalue weighted by Crippen LogP contribution is -2.34.